The molecule has 11 heavy (non-hydrogen) atoms. The van der Waals surface area contributed by atoms with Gasteiger partial charge in [-0.1, -0.05) is 0 Å². The maximum absolute atomic E-state index is 12.6. The third-order valence-electron chi connectivity index (χ3n) is 2.17. The molecule has 5 heteroatoms. The fourth-order valence-electron chi connectivity index (χ4n) is 1.08. The zero-order valence-corrected chi connectivity index (χ0v) is 6.83. The number of alkyl halides is 2. The summed E-state index contributed by atoms with van der Waals surface area (Å²) in [6, 6.07) is 0. The van der Waals surface area contributed by atoms with Gasteiger partial charge in [-0.05, 0) is 19.3 Å². The van der Waals surface area contributed by atoms with Crippen molar-refractivity contribution in [3.05, 3.63) is 0 Å². The van der Waals surface area contributed by atoms with Gasteiger partial charge in [-0.25, -0.2) is 8.78 Å². The van der Waals surface area contributed by atoms with Gasteiger partial charge in [0.2, 0.25) is 0 Å². The highest BCUT2D eigenvalue weighted by atomic mass is 35.5. The van der Waals surface area contributed by atoms with E-state index in [9.17, 15) is 8.78 Å². The number of rotatable bonds is 2. The SMILES string of the molecule is Cl.NC1(C(F)(F)CO)CCC1. The zero-order valence-electron chi connectivity index (χ0n) is 6.02. The fraction of sp³-hybridized carbons (Fsp3) is 1.00. The van der Waals surface area contributed by atoms with E-state index in [4.69, 9.17) is 10.8 Å². The minimum absolute atomic E-state index is 0. The summed E-state index contributed by atoms with van der Waals surface area (Å²) in [5, 5.41) is 8.26. The summed E-state index contributed by atoms with van der Waals surface area (Å²) in [6.45, 7) is -1.14. The summed E-state index contributed by atoms with van der Waals surface area (Å²) in [7, 11) is 0. The van der Waals surface area contributed by atoms with Crippen LogP contribution in [0, 0.1) is 0 Å². The molecule has 1 aliphatic rings. The molecule has 0 atom stereocenters. The average molecular weight is 188 g/mol. The smallest absolute Gasteiger partial charge is 0.288 e. The molecule has 0 bridgehead atoms. The highest BCUT2D eigenvalue weighted by Gasteiger charge is 2.53. The summed E-state index contributed by atoms with van der Waals surface area (Å²) < 4.78 is 25.2. The van der Waals surface area contributed by atoms with Crippen molar-refractivity contribution in [1.82, 2.24) is 0 Å². The Hall–Kier alpha value is 0.0700. The summed E-state index contributed by atoms with van der Waals surface area (Å²) >= 11 is 0. The van der Waals surface area contributed by atoms with Crippen molar-refractivity contribution < 1.29 is 13.9 Å². The molecule has 0 aromatic rings. The zero-order chi connectivity index (χ0) is 7.83. The molecule has 0 aliphatic heterocycles. The summed E-state index contributed by atoms with van der Waals surface area (Å²) in [6.07, 6.45) is 1.38. The first kappa shape index (κ1) is 11.1. The van der Waals surface area contributed by atoms with Crippen LogP contribution in [0.4, 0.5) is 8.78 Å². The van der Waals surface area contributed by atoms with E-state index in [2.05, 4.69) is 0 Å². The molecule has 1 fully saturated rings. The quantitative estimate of drug-likeness (QED) is 0.675. The van der Waals surface area contributed by atoms with Gasteiger partial charge in [0.05, 0.1) is 5.54 Å². The van der Waals surface area contributed by atoms with Gasteiger partial charge in [-0.15, -0.1) is 12.4 Å². The van der Waals surface area contributed by atoms with Crippen LogP contribution in [-0.2, 0) is 0 Å². The minimum atomic E-state index is -3.09. The lowest BCUT2D eigenvalue weighted by atomic mass is 9.73. The van der Waals surface area contributed by atoms with Crippen LogP contribution in [0.1, 0.15) is 19.3 Å². The number of nitrogens with two attached hydrogens (primary N) is 1. The van der Waals surface area contributed by atoms with Gasteiger partial charge in [0.15, 0.2) is 0 Å². The van der Waals surface area contributed by atoms with Crippen LogP contribution >= 0.6 is 12.4 Å². The van der Waals surface area contributed by atoms with E-state index in [1.807, 2.05) is 0 Å². The van der Waals surface area contributed by atoms with Crippen LogP contribution in [-0.4, -0.2) is 23.2 Å². The Morgan fingerprint density at radius 1 is 1.45 bits per heavy atom. The predicted molar refractivity (Wildman–Crippen MR) is 40.1 cm³/mol. The van der Waals surface area contributed by atoms with Crippen LogP contribution in [0.25, 0.3) is 0 Å². The van der Waals surface area contributed by atoms with Crippen molar-refractivity contribution in [2.45, 2.75) is 30.7 Å². The van der Waals surface area contributed by atoms with E-state index in [1.54, 1.807) is 0 Å². The van der Waals surface area contributed by atoms with Crippen molar-refractivity contribution in [2.24, 2.45) is 5.73 Å². The standard InChI is InChI=1S/C6H11F2NO.ClH/c7-6(8,4-10)5(9)2-1-3-5;/h10H,1-4,9H2;1H. The highest BCUT2D eigenvalue weighted by molar-refractivity contribution is 5.85. The van der Waals surface area contributed by atoms with Gasteiger partial charge >= 0.3 is 0 Å². The molecule has 1 rings (SSSR count). The second-order valence-corrected chi connectivity index (χ2v) is 2.87. The van der Waals surface area contributed by atoms with Crippen LogP contribution in [0.2, 0.25) is 0 Å². The number of aliphatic hydroxyl groups excluding tert-OH is 1. The Labute approximate surface area is 70.2 Å². The van der Waals surface area contributed by atoms with Gasteiger partial charge < -0.3 is 10.8 Å². The second kappa shape index (κ2) is 3.21. The molecule has 1 saturated carbocycles. The van der Waals surface area contributed by atoms with Gasteiger partial charge in [0.25, 0.3) is 5.92 Å². The molecule has 0 radical (unpaired) electrons. The Kier molecular flexibility index (Phi) is 3.23. The van der Waals surface area contributed by atoms with Crippen LogP contribution < -0.4 is 5.73 Å². The fourth-order valence-corrected chi connectivity index (χ4v) is 1.08. The van der Waals surface area contributed by atoms with Gasteiger partial charge in [-0.3, -0.25) is 0 Å². The first-order valence-electron chi connectivity index (χ1n) is 3.29. The molecule has 0 saturated heterocycles. The maximum atomic E-state index is 12.6. The molecule has 0 aromatic heterocycles. The van der Waals surface area contributed by atoms with E-state index in [-0.39, 0.29) is 12.4 Å². The molecule has 0 unspecified atom stereocenters. The maximum Gasteiger partial charge on any atom is 0.288 e. The van der Waals surface area contributed by atoms with Gasteiger partial charge in [0.1, 0.15) is 6.61 Å². The molecular weight excluding hydrogens is 176 g/mol. The number of hydrogen-bond donors (Lipinski definition) is 2. The minimum Gasteiger partial charge on any atom is -0.390 e. The third kappa shape index (κ3) is 1.63. The monoisotopic (exact) mass is 187 g/mol. The van der Waals surface area contributed by atoms with Crippen molar-refractivity contribution in [2.75, 3.05) is 6.61 Å². The van der Waals surface area contributed by atoms with E-state index in [1.165, 1.54) is 0 Å². The van der Waals surface area contributed by atoms with Crippen molar-refractivity contribution in [1.29, 1.82) is 0 Å². The first-order chi connectivity index (χ1) is 4.52. The summed E-state index contributed by atoms with van der Waals surface area (Å²) in [5.41, 5.74) is 3.87. The molecule has 1 aliphatic carbocycles. The Balaban J connectivity index is 0.000001000. The lowest BCUT2D eigenvalue weighted by Gasteiger charge is -2.43. The Bertz CT molecular complexity index is 129. The average Bonchev–Trinajstić information content (AvgIpc) is 1.82. The molecule has 2 nitrogen and oxygen atoms in total. The number of aliphatic hydroxyl groups is 1. The van der Waals surface area contributed by atoms with Crippen LogP contribution in [0.5, 0.6) is 0 Å². The van der Waals surface area contributed by atoms with Crippen LogP contribution in [0.15, 0.2) is 0 Å². The van der Waals surface area contributed by atoms with Crippen LogP contribution in [0.3, 0.4) is 0 Å². The van der Waals surface area contributed by atoms with Crippen molar-refractivity contribution >= 4 is 12.4 Å². The number of halogens is 3. The van der Waals surface area contributed by atoms with E-state index in [0.29, 0.717) is 12.8 Å². The van der Waals surface area contributed by atoms with Gasteiger partial charge in [0, 0.05) is 0 Å². The normalized spacial score (nSPS) is 21.8. The molecule has 0 aromatic carbocycles. The molecular formula is C6H12ClF2NO. The van der Waals surface area contributed by atoms with E-state index in [0.717, 1.165) is 6.42 Å². The summed E-state index contributed by atoms with van der Waals surface area (Å²) in [5.74, 6) is -3.09. The first-order valence-corrected chi connectivity index (χ1v) is 3.29. The molecule has 0 spiro atoms. The van der Waals surface area contributed by atoms with E-state index >= 15 is 0 Å². The second-order valence-electron chi connectivity index (χ2n) is 2.87. The Morgan fingerprint density at radius 2 is 1.91 bits per heavy atom. The third-order valence-corrected chi connectivity index (χ3v) is 2.17. The van der Waals surface area contributed by atoms with Gasteiger partial charge in [-0.2, -0.15) is 0 Å². The summed E-state index contributed by atoms with van der Waals surface area (Å²) in [4.78, 5) is 0. The van der Waals surface area contributed by atoms with Crippen molar-refractivity contribution in [3.8, 4) is 0 Å². The topological polar surface area (TPSA) is 46.2 Å². The lowest BCUT2D eigenvalue weighted by Crippen LogP contribution is -2.61. The molecule has 0 heterocycles. The lowest BCUT2D eigenvalue weighted by molar-refractivity contribution is -0.136. The highest BCUT2D eigenvalue weighted by Crippen LogP contribution is 2.41. The molecule has 68 valence electrons. The Morgan fingerprint density at radius 3 is 2.00 bits per heavy atom. The predicted octanol–water partition coefficient (Wildman–Crippen LogP) is 0.917. The van der Waals surface area contributed by atoms with E-state index < -0.39 is 18.1 Å². The largest absolute Gasteiger partial charge is 0.390 e. The molecule has 0 amide bonds. The molecule has 3 N–H and O–H groups in total. The van der Waals surface area contributed by atoms with Crippen molar-refractivity contribution in [3.63, 3.8) is 0 Å². The number of hydrogen-bond acceptors (Lipinski definition) is 2.